The van der Waals surface area contributed by atoms with Crippen molar-refractivity contribution in [3.8, 4) is 0 Å². The Morgan fingerprint density at radius 2 is 1.88 bits per heavy atom. The van der Waals surface area contributed by atoms with Crippen LogP contribution < -0.4 is 10.2 Å². The van der Waals surface area contributed by atoms with E-state index in [4.69, 9.17) is 11.6 Å². The second kappa shape index (κ2) is 8.64. The van der Waals surface area contributed by atoms with Crippen LogP contribution in [0.4, 0.5) is 11.5 Å². The second-order valence-corrected chi connectivity index (χ2v) is 6.07. The lowest BCUT2D eigenvalue weighted by molar-refractivity contribution is 0.102. The van der Waals surface area contributed by atoms with Crippen molar-refractivity contribution in [3.63, 3.8) is 0 Å². The zero-order valence-electron chi connectivity index (χ0n) is 14.3. The van der Waals surface area contributed by atoms with Gasteiger partial charge >= 0.3 is 0 Å². The molecule has 6 heteroatoms. The van der Waals surface area contributed by atoms with E-state index in [0.717, 1.165) is 37.3 Å². The summed E-state index contributed by atoms with van der Waals surface area (Å²) in [6.45, 7) is 7.97. The van der Waals surface area contributed by atoms with Gasteiger partial charge in [-0.25, -0.2) is 9.97 Å². The molecule has 1 heterocycles. The van der Waals surface area contributed by atoms with Crippen molar-refractivity contribution < 1.29 is 4.79 Å². The van der Waals surface area contributed by atoms with Crippen LogP contribution in [0.15, 0.2) is 30.6 Å². The Kier molecular flexibility index (Phi) is 6.55. The van der Waals surface area contributed by atoms with E-state index < -0.39 is 0 Å². The van der Waals surface area contributed by atoms with Gasteiger partial charge in [0.15, 0.2) is 0 Å². The quantitative estimate of drug-likeness (QED) is 0.811. The van der Waals surface area contributed by atoms with E-state index in [1.54, 1.807) is 12.1 Å². The maximum atomic E-state index is 12.4. The zero-order valence-corrected chi connectivity index (χ0v) is 15.1. The molecule has 0 saturated carbocycles. The van der Waals surface area contributed by atoms with E-state index >= 15 is 0 Å². The molecule has 128 valence electrons. The number of rotatable bonds is 7. The first kappa shape index (κ1) is 18.2. The monoisotopic (exact) mass is 346 g/mol. The summed E-state index contributed by atoms with van der Waals surface area (Å²) in [5, 5.41) is 3.44. The van der Waals surface area contributed by atoms with E-state index in [2.05, 4.69) is 34.0 Å². The highest BCUT2D eigenvalue weighted by Crippen LogP contribution is 2.20. The number of carbonyl (C=O) groups is 1. The number of aryl methyl sites for hydroxylation is 1. The summed E-state index contributed by atoms with van der Waals surface area (Å²) in [5.74, 6) is 0.507. The Bertz CT molecular complexity index is 699. The molecule has 0 radical (unpaired) electrons. The first-order valence-corrected chi connectivity index (χ1v) is 8.57. The molecule has 0 atom stereocenters. The van der Waals surface area contributed by atoms with E-state index in [1.807, 2.05) is 19.1 Å². The molecule has 0 fully saturated rings. The predicted octanol–water partition coefficient (Wildman–Crippen LogP) is 4.32. The number of amides is 1. The molecule has 0 unspecified atom stereocenters. The van der Waals surface area contributed by atoms with Gasteiger partial charge in [-0.05, 0) is 37.5 Å². The van der Waals surface area contributed by atoms with Crippen LogP contribution in [0.1, 0.15) is 42.7 Å². The smallest absolute Gasteiger partial charge is 0.274 e. The summed E-state index contributed by atoms with van der Waals surface area (Å²) in [4.78, 5) is 23.0. The van der Waals surface area contributed by atoms with Crippen LogP contribution in [0.2, 0.25) is 5.02 Å². The molecule has 0 bridgehead atoms. The van der Waals surface area contributed by atoms with Gasteiger partial charge < -0.3 is 10.2 Å². The van der Waals surface area contributed by atoms with Gasteiger partial charge in [0.05, 0.1) is 0 Å². The van der Waals surface area contributed by atoms with Gasteiger partial charge in [0.1, 0.15) is 17.8 Å². The number of carbonyl (C=O) groups excluding carboxylic acids is 1. The molecule has 24 heavy (non-hydrogen) atoms. The van der Waals surface area contributed by atoms with Crippen LogP contribution >= 0.6 is 11.6 Å². The summed E-state index contributed by atoms with van der Waals surface area (Å²) in [7, 11) is 0. The molecule has 0 aliphatic heterocycles. The molecular formula is C18H23ClN4O. The number of benzene rings is 1. The van der Waals surface area contributed by atoms with E-state index in [9.17, 15) is 4.79 Å². The lowest BCUT2D eigenvalue weighted by Crippen LogP contribution is -2.26. The van der Waals surface area contributed by atoms with Gasteiger partial charge in [0.2, 0.25) is 0 Å². The number of anilines is 2. The van der Waals surface area contributed by atoms with Crippen LogP contribution in [0.3, 0.4) is 0 Å². The highest BCUT2D eigenvalue weighted by Gasteiger charge is 2.13. The molecule has 5 nitrogen and oxygen atoms in total. The van der Waals surface area contributed by atoms with Crippen molar-refractivity contribution in [2.24, 2.45) is 0 Å². The SMILES string of the molecule is CCCN(CCC)c1cc(C(=O)Nc2ccc(C)c(Cl)c2)ncn1. The number of nitrogens with one attached hydrogen (secondary N) is 1. The van der Waals surface area contributed by atoms with Crippen molar-refractivity contribution in [1.29, 1.82) is 0 Å². The third-order valence-electron chi connectivity index (χ3n) is 3.63. The van der Waals surface area contributed by atoms with Crippen LogP contribution in [-0.4, -0.2) is 29.0 Å². The van der Waals surface area contributed by atoms with Crippen molar-refractivity contribution in [1.82, 2.24) is 9.97 Å². The van der Waals surface area contributed by atoms with Crippen LogP contribution in [0, 0.1) is 6.92 Å². The summed E-state index contributed by atoms with van der Waals surface area (Å²) < 4.78 is 0. The molecule has 1 aromatic carbocycles. The summed E-state index contributed by atoms with van der Waals surface area (Å²) in [6.07, 6.45) is 3.48. The average molecular weight is 347 g/mol. The van der Waals surface area contributed by atoms with Gasteiger partial charge in [0.25, 0.3) is 5.91 Å². The van der Waals surface area contributed by atoms with Crippen molar-refractivity contribution in [3.05, 3.63) is 46.9 Å². The highest BCUT2D eigenvalue weighted by atomic mass is 35.5. The molecule has 0 saturated heterocycles. The Balaban J connectivity index is 2.17. The van der Waals surface area contributed by atoms with Gasteiger partial charge in [-0.3, -0.25) is 4.79 Å². The minimum atomic E-state index is -0.272. The van der Waals surface area contributed by atoms with Crippen molar-refractivity contribution in [2.45, 2.75) is 33.6 Å². The fraction of sp³-hybridized carbons (Fsp3) is 0.389. The summed E-state index contributed by atoms with van der Waals surface area (Å²) in [5.41, 5.74) is 1.96. The van der Waals surface area contributed by atoms with E-state index in [0.29, 0.717) is 16.4 Å². The number of halogens is 1. The van der Waals surface area contributed by atoms with Gasteiger partial charge in [-0.1, -0.05) is 31.5 Å². The normalized spacial score (nSPS) is 10.5. The van der Waals surface area contributed by atoms with E-state index in [1.165, 1.54) is 6.33 Å². The molecule has 1 amide bonds. The summed E-state index contributed by atoms with van der Waals surface area (Å²) in [6, 6.07) is 7.16. The maximum absolute atomic E-state index is 12.4. The molecule has 0 spiro atoms. The lowest BCUT2D eigenvalue weighted by Gasteiger charge is -2.22. The number of hydrogen-bond acceptors (Lipinski definition) is 4. The Morgan fingerprint density at radius 3 is 2.50 bits per heavy atom. The molecular weight excluding hydrogens is 324 g/mol. The minimum absolute atomic E-state index is 0.272. The van der Waals surface area contributed by atoms with Crippen molar-refractivity contribution in [2.75, 3.05) is 23.3 Å². The molecule has 2 aromatic rings. The van der Waals surface area contributed by atoms with Crippen LogP contribution in [0.5, 0.6) is 0 Å². The number of hydrogen-bond donors (Lipinski definition) is 1. The Hall–Kier alpha value is -2.14. The van der Waals surface area contributed by atoms with Crippen LogP contribution in [0.25, 0.3) is 0 Å². The number of aromatic nitrogens is 2. The Labute approximate surface area is 148 Å². The van der Waals surface area contributed by atoms with Crippen LogP contribution in [-0.2, 0) is 0 Å². The van der Waals surface area contributed by atoms with Gasteiger partial charge in [-0.2, -0.15) is 0 Å². The van der Waals surface area contributed by atoms with Gasteiger partial charge in [0, 0.05) is 29.9 Å². The lowest BCUT2D eigenvalue weighted by atomic mass is 10.2. The largest absolute Gasteiger partial charge is 0.357 e. The summed E-state index contributed by atoms with van der Waals surface area (Å²) >= 11 is 6.10. The highest BCUT2D eigenvalue weighted by molar-refractivity contribution is 6.31. The zero-order chi connectivity index (χ0) is 17.5. The molecule has 1 aromatic heterocycles. The standard InChI is InChI=1S/C18H23ClN4O/c1-4-8-23(9-5-2)17-11-16(20-12-21-17)18(24)22-14-7-6-13(3)15(19)10-14/h6-7,10-12H,4-5,8-9H2,1-3H3,(H,22,24). The second-order valence-electron chi connectivity index (χ2n) is 5.67. The maximum Gasteiger partial charge on any atom is 0.274 e. The molecule has 1 N–H and O–H groups in total. The Morgan fingerprint density at radius 1 is 1.17 bits per heavy atom. The first-order chi connectivity index (χ1) is 11.5. The van der Waals surface area contributed by atoms with Crippen molar-refractivity contribution >= 4 is 29.0 Å². The van der Waals surface area contributed by atoms with E-state index in [-0.39, 0.29) is 5.91 Å². The topological polar surface area (TPSA) is 58.1 Å². The fourth-order valence-electron chi connectivity index (χ4n) is 2.39. The molecule has 0 aliphatic carbocycles. The minimum Gasteiger partial charge on any atom is -0.357 e. The van der Waals surface area contributed by atoms with Gasteiger partial charge in [-0.15, -0.1) is 0 Å². The third-order valence-corrected chi connectivity index (χ3v) is 4.03. The first-order valence-electron chi connectivity index (χ1n) is 8.19. The number of nitrogens with zero attached hydrogens (tertiary/aromatic N) is 3. The fourth-order valence-corrected chi connectivity index (χ4v) is 2.57. The molecule has 0 aliphatic rings. The molecule has 2 rings (SSSR count). The third kappa shape index (κ3) is 4.68. The average Bonchev–Trinajstić information content (AvgIpc) is 2.58. The predicted molar refractivity (Wildman–Crippen MR) is 99.0 cm³/mol.